The first-order valence-electron chi connectivity index (χ1n) is 6.40. The standard InChI is InChI=1S/C13H20F2O2S/c1-18-12-7-16-13(17-8-12)3-2-9-4-10(14)6-11(15)5-9/h2-3,9-13H,4-8H2,1H3/b3-2+. The summed E-state index contributed by atoms with van der Waals surface area (Å²) in [6.45, 7) is 1.33. The largest absolute Gasteiger partial charge is 0.348 e. The highest BCUT2D eigenvalue weighted by Crippen LogP contribution is 2.30. The molecule has 18 heavy (non-hydrogen) atoms. The van der Waals surface area contributed by atoms with Crippen LogP contribution in [0.5, 0.6) is 0 Å². The maximum absolute atomic E-state index is 13.2. The molecule has 1 heterocycles. The van der Waals surface area contributed by atoms with E-state index in [4.69, 9.17) is 9.47 Å². The molecular weight excluding hydrogens is 258 g/mol. The molecular formula is C13H20F2O2S. The normalized spacial score (nSPS) is 42.3. The maximum Gasteiger partial charge on any atom is 0.176 e. The van der Waals surface area contributed by atoms with Crippen LogP contribution >= 0.6 is 11.8 Å². The van der Waals surface area contributed by atoms with E-state index in [2.05, 4.69) is 0 Å². The summed E-state index contributed by atoms with van der Waals surface area (Å²) in [5, 5.41) is 0.384. The van der Waals surface area contributed by atoms with Gasteiger partial charge >= 0.3 is 0 Å². The van der Waals surface area contributed by atoms with Crippen molar-refractivity contribution in [3.05, 3.63) is 12.2 Å². The third kappa shape index (κ3) is 4.21. The van der Waals surface area contributed by atoms with E-state index in [1.807, 2.05) is 12.3 Å². The SMILES string of the molecule is CSC1COC(/C=C/C2CC(F)CC(F)C2)OC1. The number of rotatable bonds is 3. The molecule has 0 aromatic rings. The fraction of sp³-hybridized carbons (Fsp3) is 0.846. The zero-order valence-corrected chi connectivity index (χ0v) is 11.4. The molecule has 1 saturated heterocycles. The van der Waals surface area contributed by atoms with E-state index in [9.17, 15) is 8.78 Å². The second-order valence-electron chi connectivity index (χ2n) is 4.94. The Morgan fingerprint density at radius 3 is 2.17 bits per heavy atom. The van der Waals surface area contributed by atoms with E-state index in [0.29, 0.717) is 31.3 Å². The second kappa shape index (κ2) is 6.87. The van der Waals surface area contributed by atoms with Crippen molar-refractivity contribution in [2.45, 2.75) is 43.1 Å². The molecule has 2 aliphatic rings. The van der Waals surface area contributed by atoms with Crippen molar-refractivity contribution in [2.24, 2.45) is 5.92 Å². The van der Waals surface area contributed by atoms with Crippen LogP contribution in [0.15, 0.2) is 12.2 Å². The molecule has 0 aromatic heterocycles. The van der Waals surface area contributed by atoms with E-state index in [0.717, 1.165) is 0 Å². The number of ether oxygens (including phenoxy) is 2. The van der Waals surface area contributed by atoms with Crippen molar-refractivity contribution in [2.75, 3.05) is 19.5 Å². The smallest absolute Gasteiger partial charge is 0.176 e. The van der Waals surface area contributed by atoms with E-state index < -0.39 is 12.3 Å². The summed E-state index contributed by atoms with van der Waals surface area (Å²) >= 11 is 1.72. The molecule has 0 spiro atoms. The number of thioether (sulfide) groups is 1. The Hall–Kier alpha value is -0.130. The van der Waals surface area contributed by atoms with Crippen molar-refractivity contribution in [1.82, 2.24) is 0 Å². The van der Waals surface area contributed by atoms with Gasteiger partial charge in [-0.25, -0.2) is 8.78 Å². The van der Waals surface area contributed by atoms with Gasteiger partial charge in [-0.05, 0) is 31.1 Å². The molecule has 0 amide bonds. The molecule has 2 rings (SSSR count). The lowest BCUT2D eigenvalue weighted by Gasteiger charge is -2.28. The summed E-state index contributed by atoms with van der Waals surface area (Å²) in [6.07, 6.45) is 4.17. The maximum atomic E-state index is 13.2. The Bertz CT molecular complexity index is 270. The molecule has 2 nitrogen and oxygen atoms in total. The Balaban J connectivity index is 1.77. The number of halogens is 2. The molecule has 2 unspecified atom stereocenters. The molecule has 0 bridgehead atoms. The van der Waals surface area contributed by atoms with Gasteiger partial charge in [0.25, 0.3) is 0 Å². The van der Waals surface area contributed by atoms with Crippen LogP contribution in [0, 0.1) is 5.92 Å². The minimum absolute atomic E-state index is 0.0331. The van der Waals surface area contributed by atoms with Gasteiger partial charge in [0.15, 0.2) is 6.29 Å². The zero-order valence-electron chi connectivity index (χ0n) is 10.6. The molecule has 1 aliphatic carbocycles. The lowest BCUT2D eigenvalue weighted by molar-refractivity contribution is -0.146. The number of hydrogen-bond acceptors (Lipinski definition) is 3. The van der Waals surface area contributed by atoms with Crippen molar-refractivity contribution in [3.63, 3.8) is 0 Å². The average molecular weight is 278 g/mol. The third-order valence-corrected chi connectivity index (χ3v) is 4.33. The fourth-order valence-electron chi connectivity index (χ4n) is 2.38. The van der Waals surface area contributed by atoms with Crippen LogP contribution in [0.25, 0.3) is 0 Å². The van der Waals surface area contributed by atoms with E-state index in [1.165, 1.54) is 0 Å². The number of allylic oxidation sites excluding steroid dienone is 1. The van der Waals surface area contributed by atoms with Crippen LogP contribution < -0.4 is 0 Å². The summed E-state index contributed by atoms with van der Waals surface area (Å²) < 4.78 is 37.4. The quantitative estimate of drug-likeness (QED) is 0.739. The van der Waals surface area contributed by atoms with E-state index in [-0.39, 0.29) is 18.6 Å². The minimum atomic E-state index is -1.02. The highest BCUT2D eigenvalue weighted by atomic mass is 32.2. The summed E-state index contributed by atoms with van der Waals surface area (Å²) in [5.74, 6) is -0.0331. The second-order valence-corrected chi connectivity index (χ2v) is 6.08. The van der Waals surface area contributed by atoms with Crippen LogP contribution in [0.2, 0.25) is 0 Å². The van der Waals surface area contributed by atoms with E-state index in [1.54, 1.807) is 17.8 Å². The van der Waals surface area contributed by atoms with Crippen LogP contribution in [0.4, 0.5) is 8.78 Å². The average Bonchev–Trinajstić information content (AvgIpc) is 2.36. The Kier molecular flexibility index (Phi) is 5.45. The van der Waals surface area contributed by atoms with Gasteiger partial charge in [0.05, 0.1) is 18.5 Å². The lowest BCUT2D eigenvalue weighted by atomic mass is 9.86. The molecule has 0 aromatic carbocycles. The van der Waals surface area contributed by atoms with Crippen LogP contribution in [0.1, 0.15) is 19.3 Å². The molecule has 1 aliphatic heterocycles. The highest BCUT2D eigenvalue weighted by Gasteiger charge is 2.27. The predicted molar refractivity (Wildman–Crippen MR) is 69.3 cm³/mol. The van der Waals surface area contributed by atoms with Gasteiger partial charge in [-0.1, -0.05) is 6.08 Å². The van der Waals surface area contributed by atoms with Crippen LogP contribution in [-0.2, 0) is 9.47 Å². The van der Waals surface area contributed by atoms with Crippen molar-refractivity contribution >= 4 is 11.8 Å². The van der Waals surface area contributed by atoms with Crippen LogP contribution in [-0.4, -0.2) is 43.4 Å². The minimum Gasteiger partial charge on any atom is -0.348 e. The van der Waals surface area contributed by atoms with Crippen molar-refractivity contribution < 1.29 is 18.3 Å². The molecule has 2 fully saturated rings. The monoisotopic (exact) mass is 278 g/mol. The predicted octanol–water partition coefficient (Wildman–Crippen LogP) is 3.12. The number of alkyl halides is 2. The van der Waals surface area contributed by atoms with Crippen molar-refractivity contribution in [1.29, 1.82) is 0 Å². The molecule has 104 valence electrons. The Morgan fingerprint density at radius 1 is 1.00 bits per heavy atom. The molecule has 0 radical (unpaired) electrons. The lowest BCUT2D eigenvalue weighted by Crippen LogP contribution is -2.32. The van der Waals surface area contributed by atoms with Crippen LogP contribution in [0.3, 0.4) is 0 Å². The highest BCUT2D eigenvalue weighted by molar-refractivity contribution is 7.99. The van der Waals surface area contributed by atoms with Gasteiger partial charge in [-0.3, -0.25) is 0 Å². The fourth-order valence-corrected chi connectivity index (χ4v) is 2.81. The van der Waals surface area contributed by atoms with Gasteiger partial charge in [-0.2, -0.15) is 11.8 Å². The topological polar surface area (TPSA) is 18.5 Å². The Morgan fingerprint density at radius 2 is 1.61 bits per heavy atom. The first-order valence-corrected chi connectivity index (χ1v) is 7.68. The summed E-state index contributed by atoms with van der Waals surface area (Å²) in [7, 11) is 0. The van der Waals surface area contributed by atoms with Gasteiger partial charge in [0, 0.05) is 6.42 Å². The van der Waals surface area contributed by atoms with Gasteiger partial charge < -0.3 is 9.47 Å². The van der Waals surface area contributed by atoms with Crippen molar-refractivity contribution in [3.8, 4) is 0 Å². The number of hydrogen-bond donors (Lipinski definition) is 0. The molecule has 5 heteroatoms. The summed E-state index contributed by atoms with van der Waals surface area (Å²) in [4.78, 5) is 0. The molecule has 2 atom stereocenters. The van der Waals surface area contributed by atoms with Gasteiger partial charge in [0.2, 0.25) is 0 Å². The Labute approximate surface area is 111 Å². The van der Waals surface area contributed by atoms with Gasteiger partial charge in [0.1, 0.15) is 12.3 Å². The van der Waals surface area contributed by atoms with Gasteiger partial charge in [-0.15, -0.1) is 0 Å². The third-order valence-electron chi connectivity index (χ3n) is 3.40. The van der Waals surface area contributed by atoms with E-state index >= 15 is 0 Å². The molecule has 0 N–H and O–H groups in total. The summed E-state index contributed by atoms with van der Waals surface area (Å²) in [5.41, 5.74) is 0. The summed E-state index contributed by atoms with van der Waals surface area (Å²) in [6, 6.07) is 0. The first-order chi connectivity index (χ1) is 8.67. The molecule has 1 saturated carbocycles. The first kappa shape index (κ1) is 14.3. The zero-order chi connectivity index (χ0) is 13.0.